The Balaban J connectivity index is 1.87. The molecular formula is C17H22N2O2S. The molecule has 1 heterocycles. The Morgan fingerprint density at radius 2 is 2.09 bits per heavy atom. The molecule has 4 nitrogen and oxygen atoms in total. The lowest BCUT2D eigenvalue weighted by Gasteiger charge is -2.10. The minimum atomic E-state index is -0.0236. The van der Waals surface area contributed by atoms with Crippen LogP contribution in [0.1, 0.15) is 28.2 Å². The molecule has 0 radical (unpaired) electrons. The van der Waals surface area contributed by atoms with Gasteiger partial charge in [0.25, 0.3) is 0 Å². The van der Waals surface area contributed by atoms with E-state index in [-0.39, 0.29) is 5.91 Å². The number of anilines is 2. The third-order valence-electron chi connectivity index (χ3n) is 3.53. The number of hydrogen-bond donors (Lipinski definition) is 2. The molecule has 1 aromatic heterocycles. The quantitative estimate of drug-likeness (QED) is 0.794. The lowest BCUT2D eigenvalue weighted by atomic mass is 10.1. The van der Waals surface area contributed by atoms with E-state index in [1.807, 2.05) is 0 Å². The first-order chi connectivity index (χ1) is 10.5. The van der Waals surface area contributed by atoms with Gasteiger partial charge in [-0.3, -0.25) is 4.79 Å². The van der Waals surface area contributed by atoms with Crippen LogP contribution in [0, 0.1) is 13.8 Å². The van der Waals surface area contributed by atoms with Gasteiger partial charge in [0, 0.05) is 22.2 Å². The van der Waals surface area contributed by atoms with Crippen molar-refractivity contribution in [2.45, 2.75) is 33.1 Å². The number of benzene rings is 1. The highest BCUT2D eigenvalue weighted by atomic mass is 32.1. The number of carbonyl (C=O) groups is 1. The molecular weight excluding hydrogens is 296 g/mol. The van der Waals surface area contributed by atoms with Crippen LogP contribution in [0.5, 0.6) is 5.75 Å². The average Bonchev–Trinajstić information content (AvgIpc) is 2.79. The second-order valence-corrected chi connectivity index (χ2v) is 6.75. The van der Waals surface area contributed by atoms with Crippen molar-refractivity contribution in [2.24, 2.45) is 0 Å². The predicted molar refractivity (Wildman–Crippen MR) is 92.8 cm³/mol. The summed E-state index contributed by atoms with van der Waals surface area (Å²) in [7, 11) is 1.59. The van der Waals surface area contributed by atoms with Crippen LogP contribution in [-0.4, -0.2) is 13.0 Å². The van der Waals surface area contributed by atoms with E-state index < -0.39 is 0 Å². The third-order valence-corrected chi connectivity index (χ3v) is 4.54. The molecule has 1 amide bonds. The van der Waals surface area contributed by atoms with Crippen LogP contribution in [0.3, 0.4) is 0 Å². The largest absolute Gasteiger partial charge is 0.497 e. The van der Waals surface area contributed by atoms with Crippen LogP contribution < -0.4 is 15.8 Å². The number of nitrogens with one attached hydrogen (secondary N) is 1. The van der Waals surface area contributed by atoms with E-state index in [1.54, 1.807) is 36.6 Å². The van der Waals surface area contributed by atoms with Gasteiger partial charge in [0.05, 0.1) is 18.5 Å². The van der Waals surface area contributed by atoms with Crippen LogP contribution >= 0.6 is 11.3 Å². The monoisotopic (exact) mass is 318 g/mol. The molecule has 0 saturated carbocycles. The first-order valence-electron chi connectivity index (χ1n) is 7.29. The van der Waals surface area contributed by atoms with E-state index >= 15 is 0 Å². The van der Waals surface area contributed by atoms with Gasteiger partial charge in [-0.1, -0.05) is 0 Å². The average molecular weight is 318 g/mol. The summed E-state index contributed by atoms with van der Waals surface area (Å²) >= 11 is 1.81. The van der Waals surface area contributed by atoms with E-state index in [2.05, 4.69) is 25.2 Å². The number of nitrogens with two attached hydrogens (primary N) is 1. The summed E-state index contributed by atoms with van der Waals surface area (Å²) in [5.74, 6) is 0.651. The van der Waals surface area contributed by atoms with E-state index in [9.17, 15) is 4.79 Å². The number of nitrogen functional groups attached to an aromatic ring is 1. The molecule has 0 spiro atoms. The number of thiophene rings is 1. The minimum Gasteiger partial charge on any atom is -0.497 e. The zero-order chi connectivity index (χ0) is 16.1. The summed E-state index contributed by atoms with van der Waals surface area (Å²) in [6.45, 7) is 4.24. The minimum absolute atomic E-state index is 0.0236. The van der Waals surface area contributed by atoms with Gasteiger partial charge in [-0.25, -0.2) is 0 Å². The summed E-state index contributed by atoms with van der Waals surface area (Å²) < 4.78 is 5.14. The Morgan fingerprint density at radius 1 is 1.32 bits per heavy atom. The van der Waals surface area contributed by atoms with Crippen molar-refractivity contribution in [3.05, 3.63) is 39.6 Å². The Labute approximate surface area is 135 Å². The first kappa shape index (κ1) is 16.4. The van der Waals surface area contributed by atoms with Crippen molar-refractivity contribution in [3.63, 3.8) is 0 Å². The SMILES string of the molecule is COc1ccc(N)c(NC(=O)CCCc2cc(C)sc2C)c1. The van der Waals surface area contributed by atoms with Gasteiger partial charge in [-0.15, -0.1) is 11.3 Å². The van der Waals surface area contributed by atoms with Crippen LogP contribution in [0.4, 0.5) is 11.4 Å². The normalized spacial score (nSPS) is 10.5. The van der Waals surface area contributed by atoms with Crippen LogP contribution in [-0.2, 0) is 11.2 Å². The summed E-state index contributed by atoms with van der Waals surface area (Å²) in [6.07, 6.45) is 2.23. The summed E-state index contributed by atoms with van der Waals surface area (Å²) in [4.78, 5) is 14.7. The molecule has 0 aliphatic heterocycles. The molecule has 22 heavy (non-hydrogen) atoms. The third kappa shape index (κ3) is 4.24. The number of rotatable bonds is 6. The maximum atomic E-state index is 12.0. The molecule has 0 atom stereocenters. The highest BCUT2D eigenvalue weighted by Gasteiger charge is 2.08. The predicted octanol–water partition coefficient (Wildman–Crippen LogP) is 3.92. The Morgan fingerprint density at radius 3 is 2.73 bits per heavy atom. The maximum Gasteiger partial charge on any atom is 0.224 e. The smallest absolute Gasteiger partial charge is 0.224 e. The van der Waals surface area contributed by atoms with Crippen LogP contribution in [0.15, 0.2) is 24.3 Å². The van der Waals surface area contributed by atoms with Crippen LogP contribution in [0.25, 0.3) is 0 Å². The lowest BCUT2D eigenvalue weighted by Crippen LogP contribution is -2.13. The van der Waals surface area contributed by atoms with Gasteiger partial charge < -0.3 is 15.8 Å². The molecule has 3 N–H and O–H groups in total. The highest BCUT2D eigenvalue weighted by molar-refractivity contribution is 7.12. The Bertz CT molecular complexity index is 665. The molecule has 118 valence electrons. The first-order valence-corrected chi connectivity index (χ1v) is 8.10. The second-order valence-electron chi connectivity index (χ2n) is 5.29. The van der Waals surface area contributed by atoms with Gasteiger partial charge in [0.15, 0.2) is 0 Å². The summed E-state index contributed by atoms with van der Waals surface area (Å²) in [6, 6.07) is 7.44. The molecule has 2 aromatic rings. The number of aryl methyl sites for hydroxylation is 3. The zero-order valence-electron chi connectivity index (χ0n) is 13.2. The highest BCUT2D eigenvalue weighted by Crippen LogP contribution is 2.25. The second kappa shape index (κ2) is 7.31. The lowest BCUT2D eigenvalue weighted by molar-refractivity contribution is -0.116. The number of carbonyl (C=O) groups excluding carboxylic acids is 1. The van der Waals surface area contributed by atoms with Crippen LogP contribution in [0.2, 0.25) is 0 Å². The van der Waals surface area contributed by atoms with E-state index in [1.165, 1.54) is 15.3 Å². The van der Waals surface area contributed by atoms with E-state index in [0.29, 0.717) is 23.5 Å². The van der Waals surface area contributed by atoms with Crippen molar-refractivity contribution in [1.29, 1.82) is 0 Å². The molecule has 0 aliphatic carbocycles. The van der Waals surface area contributed by atoms with Gasteiger partial charge in [-0.05, 0) is 50.5 Å². The molecule has 0 fully saturated rings. The number of ether oxygens (including phenoxy) is 1. The van der Waals surface area contributed by atoms with Gasteiger partial charge >= 0.3 is 0 Å². The summed E-state index contributed by atoms with van der Waals surface area (Å²) in [5.41, 5.74) is 8.35. The van der Waals surface area contributed by atoms with Crippen molar-refractivity contribution < 1.29 is 9.53 Å². The molecule has 0 saturated heterocycles. The molecule has 0 unspecified atom stereocenters. The fourth-order valence-corrected chi connectivity index (χ4v) is 3.33. The molecule has 1 aromatic carbocycles. The Hall–Kier alpha value is -2.01. The molecule has 0 aliphatic rings. The van der Waals surface area contributed by atoms with Crippen molar-refractivity contribution >= 4 is 28.6 Å². The molecule has 0 bridgehead atoms. The standard InChI is InChI=1S/C17H22N2O2S/c1-11-9-13(12(2)22-11)5-4-6-17(20)19-16-10-14(21-3)7-8-15(16)18/h7-10H,4-6,18H2,1-3H3,(H,19,20). The number of methoxy groups -OCH3 is 1. The van der Waals surface area contributed by atoms with Gasteiger partial charge in [0.1, 0.15) is 5.75 Å². The number of hydrogen-bond acceptors (Lipinski definition) is 4. The fraction of sp³-hybridized carbons (Fsp3) is 0.353. The fourth-order valence-electron chi connectivity index (χ4n) is 2.35. The molecule has 5 heteroatoms. The van der Waals surface area contributed by atoms with Crippen molar-refractivity contribution in [1.82, 2.24) is 0 Å². The summed E-state index contributed by atoms with van der Waals surface area (Å²) in [5, 5.41) is 2.85. The Kier molecular flexibility index (Phi) is 5.44. The van der Waals surface area contributed by atoms with Gasteiger partial charge in [-0.2, -0.15) is 0 Å². The zero-order valence-corrected chi connectivity index (χ0v) is 14.0. The van der Waals surface area contributed by atoms with Crippen molar-refractivity contribution in [3.8, 4) is 5.75 Å². The topological polar surface area (TPSA) is 64.3 Å². The number of amides is 1. The van der Waals surface area contributed by atoms with Gasteiger partial charge in [0.2, 0.25) is 5.91 Å². The molecule has 2 rings (SSSR count). The maximum absolute atomic E-state index is 12.0. The van der Waals surface area contributed by atoms with Crippen molar-refractivity contribution in [2.75, 3.05) is 18.2 Å². The van der Waals surface area contributed by atoms with E-state index in [0.717, 1.165) is 12.8 Å². The van der Waals surface area contributed by atoms with E-state index in [4.69, 9.17) is 10.5 Å².